The minimum atomic E-state index is -0.106. The van der Waals surface area contributed by atoms with Gasteiger partial charge in [0.05, 0.1) is 23.9 Å². The smallest absolute Gasteiger partial charge is 0.262 e. The molecule has 8 heteroatoms. The maximum absolute atomic E-state index is 13.2. The highest BCUT2D eigenvalue weighted by Gasteiger charge is 2.23. The van der Waals surface area contributed by atoms with Gasteiger partial charge in [0.15, 0.2) is 0 Å². The van der Waals surface area contributed by atoms with Crippen molar-refractivity contribution in [2.24, 2.45) is 0 Å². The predicted molar refractivity (Wildman–Crippen MR) is 93.1 cm³/mol. The molecule has 0 bridgehead atoms. The van der Waals surface area contributed by atoms with E-state index in [-0.39, 0.29) is 17.5 Å². The fourth-order valence-electron chi connectivity index (χ4n) is 3.15. The van der Waals surface area contributed by atoms with Crippen LogP contribution in [-0.4, -0.2) is 32.7 Å². The van der Waals surface area contributed by atoms with E-state index in [9.17, 15) is 4.79 Å². The fourth-order valence-corrected chi connectivity index (χ4v) is 3.79. The molecule has 4 heterocycles. The molecular formula is C16H17N5O2S. The summed E-state index contributed by atoms with van der Waals surface area (Å²) in [5.74, 6) is 0.173. The molecule has 1 atom stereocenters. The standard InChI is InChI=1S/C16H17N5O2S/c1-9-11-7-12(14-18-4-6-24-14)15(22)21(10-3-2-5-23-8-10)13(11)20-16(17)19-9/h4,6-7,10H,2-3,5,8H2,1H3,(H2,17,19,20)/t10-/m0/s1. The van der Waals surface area contributed by atoms with Gasteiger partial charge in [-0.3, -0.25) is 9.36 Å². The Balaban J connectivity index is 2.06. The molecule has 0 radical (unpaired) electrons. The average molecular weight is 343 g/mol. The van der Waals surface area contributed by atoms with Crippen LogP contribution in [0.3, 0.4) is 0 Å². The van der Waals surface area contributed by atoms with E-state index < -0.39 is 0 Å². The number of aryl methyl sites for hydroxylation is 1. The molecule has 0 unspecified atom stereocenters. The Morgan fingerprint density at radius 3 is 3.00 bits per heavy atom. The average Bonchev–Trinajstić information content (AvgIpc) is 3.09. The lowest BCUT2D eigenvalue weighted by Gasteiger charge is -2.26. The molecule has 1 saturated heterocycles. The molecule has 3 aromatic heterocycles. The molecule has 4 rings (SSSR count). The molecule has 124 valence electrons. The van der Waals surface area contributed by atoms with E-state index in [0.717, 1.165) is 30.5 Å². The van der Waals surface area contributed by atoms with Crippen LogP contribution in [0.15, 0.2) is 22.4 Å². The third-order valence-electron chi connectivity index (χ3n) is 4.26. The Morgan fingerprint density at radius 1 is 1.42 bits per heavy atom. The monoisotopic (exact) mass is 343 g/mol. The molecular weight excluding hydrogens is 326 g/mol. The molecule has 0 amide bonds. The molecule has 0 aliphatic carbocycles. The summed E-state index contributed by atoms with van der Waals surface area (Å²) in [7, 11) is 0. The Morgan fingerprint density at radius 2 is 2.29 bits per heavy atom. The summed E-state index contributed by atoms with van der Waals surface area (Å²) in [5.41, 5.74) is 7.61. The molecule has 0 saturated carbocycles. The van der Waals surface area contributed by atoms with Gasteiger partial charge in [0.25, 0.3) is 5.56 Å². The van der Waals surface area contributed by atoms with Crippen molar-refractivity contribution in [2.45, 2.75) is 25.8 Å². The second kappa shape index (κ2) is 5.95. The first-order chi connectivity index (χ1) is 11.6. The first-order valence-electron chi connectivity index (χ1n) is 7.82. The minimum absolute atomic E-state index is 0.0534. The normalized spacial score (nSPS) is 18.1. The number of nitrogen functional groups attached to an aromatic ring is 1. The van der Waals surface area contributed by atoms with Crippen LogP contribution in [0.2, 0.25) is 0 Å². The lowest BCUT2D eigenvalue weighted by Crippen LogP contribution is -2.32. The van der Waals surface area contributed by atoms with Gasteiger partial charge < -0.3 is 10.5 Å². The first kappa shape index (κ1) is 15.2. The quantitative estimate of drug-likeness (QED) is 0.766. The van der Waals surface area contributed by atoms with Crippen molar-refractivity contribution in [1.82, 2.24) is 19.5 Å². The van der Waals surface area contributed by atoms with E-state index in [0.29, 0.717) is 22.8 Å². The zero-order valence-electron chi connectivity index (χ0n) is 13.2. The van der Waals surface area contributed by atoms with Crippen LogP contribution in [0.4, 0.5) is 5.95 Å². The van der Waals surface area contributed by atoms with E-state index in [1.807, 2.05) is 18.4 Å². The van der Waals surface area contributed by atoms with E-state index in [1.165, 1.54) is 11.3 Å². The number of hydrogen-bond acceptors (Lipinski definition) is 7. The Kier molecular flexibility index (Phi) is 3.78. The van der Waals surface area contributed by atoms with E-state index in [1.54, 1.807) is 10.8 Å². The number of fused-ring (bicyclic) bond motifs is 1. The molecule has 2 N–H and O–H groups in total. The number of anilines is 1. The van der Waals surface area contributed by atoms with Crippen LogP contribution < -0.4 is 11.3 Å². The number of thiazole rings is 1. The number of aromatic nitrogens is 4. The molecule has 1 aliphatic rings. The number of nitrogens with two attached hydrogens (primary N) is 1. The van der Waals surface area contributed by atoms with Crippen LogP contribution in [0.5, 0.6) is 0 Å². The van der Waals surface area contributed by atoms with Crippen molar-refractivity contribution in [2.75, 3.05) is 18.9 Å². The number of pyridine rings is 1. The van der Waals surface area contributed by atoms with Crippen molar-refractivity contribution < 1.29 is 4.74 Å². The molecule has 7 nitrogen and oxygen atoms in total. The van der Waals surface area contributed by atoms with Crippen molar-refractivity contribution in [3.05, 3.63) is 33.7 Å². The highest BCUT2D eigenvalue weighted by atomic mass is 32.1. The van der Waals surface area contributed by atoms with E-state index in [2.05, 4.69) is 15.0 Å². The van der Waals surface area contributed by atoms with Crippen LogP contribution >= 0.6 is 11.3 Å². The Hall–Kier alpha value is -2.32. The number of rotatable bonds is 2. The summed E-state index contributed by atoms with van der Waals surface area (Å²) in [4.78, 5) is 26.1. The van der Waals surface area contributed by atoms with Gasteiger partial charge in [-0.05, 0) is 25.8 Å². The summed E-state index contributed by atoms with van der Waals surface area (Å²) in [6.07, 6.45) is 3.49. The zero-order valence-corrected chi connectivity index (χ0v) is 14.0. The molecule has 1 aliphatic heterocycles. The highest BCUT2D eigenvalue weighted by molar-refractivity contribution is 7.13. The van der Waals surface area contributed by atoms with E-state index >= 15 is 0 Å². The van der Waals surface area contributed by atoms with Gasteiger partial charge in [0, 0.05) is 23.6 Å². The van der Waals surface area contributed by atoms with Crippen molar-refractivity contribution in [1.29, 1.82) is 0 Å². The fraction of sp³-hybridized carbons (Fsp3) is 0.375. The maximum Gasteiger partial charge on any atom is 0.262 e. The number of hydrogen-bond donors (Lipinski definition) is 1. The maximum atomic E-state index is 13.2. The SMILES string of the molecule is Cc1nc(N)nc2c1cc(-c1nccs1)c(=O)n2[C@H]1CCCOC1. The third kappa shape index (κ3) is 2.47. The summed E-state index contributed by atoms with van der Waals surface area (Å²) in [6.45, 7) is 3.10. The molecule has 0 aromatic carbocycles. The van der Waals surface area contributed by atoms with Crippen LogP contribution in [-0.2, 0) is 4.74 Å². The second-order valence-corrected chi connectivity index (χ2v) is 6.74. The molecule has 1 fully saturated rings. The van der Waals surface area contributed by atoms with Crippen molar-refractivity contribution >= 4 is 28.3 Å². The molecule has 0 spiro atoms. The largest absolute Gasteiger partial charge is 0.379 e. The van der Waals surface area contributed by atoms with Gasteiger partial charge in [-0.15, -0.1) is 11.3 Å². The van der Waals surface area contributed by atoms with Crippen molar-refractivity contribution in [3.63, 3.8) is 0 Å². The van der Waals surface area contributed by atoms with Crippen molar-refractivity contribution in [3.8, 4) is 10.6 Å². The van der Waals surface area contributed by atoms with Gasteiger partial charge in [0.2, 0.25) is 5.95 Å². The number of ether oxygens (including phenoxy) is 1. The van der Waals surface area contributed by atoms with Gasteiger partial charge in [-0.1, -0.05) is 0 Å². The topological polar surface area (TPSA) is 95.9 Å². The number of nitrogens with zero attached hydrogens (tertiary/aromatic N) is 4. The zero-order chi connectivity index (χ0) is 16.7. The lowest BCUT2D eigenvalue weighted by molar-refractivity contribution is 0.0594. The molecule has 3 aromatic rings. The van der Waals surface area contributed by atoms with E-state index in [4.69, 9.17) is 10.5 Å². The summed E-state index contributed by atoms with van der Waals surface area (Å²) in [5, 5.41) is 3.38. The summed E-state index contributed by atoms with van der Waals surface area (Å²) in [6, 6.07) is 1.77. The first-order valence-corrected chi connectivity index (χ1v) is 8.70. The van der Waals surface area contributed by atoms with Crippen LogP contribution in [0, 0.1) is 6.92 Å². The van der Waals surface area contributed by atoms with Gasteiger partial charge >= 0.3 is 0 Å². The third-order valence-corrected chi connectivity index (χ3v) is 5.07. The van der Waals surface area contributed by atoms with Crippen LogP contribution in [0.1, 0.15) is 24.6 Å². The summed E-state index contributed by atoms with van der Waals surface area (Å²) >= 11 is 1.44. The lowest BCUT2D eigenvalue weighted by atomic mass is 10.1. The summed E-state index contributed by atoms with van der Waals surface area (Å²) < 4.78 is 7.30. The van der Waals surface area contributed by atoms with Gasteiger partial charge in [-0.2, -0.15) is 4.98 Å². The van der Waals surface area contributed by atoms with Gasteiger partial charge in [-0.25, -0.2) is 9.97 Å². The van der Waals surface area contributed by atoms with Gasteiger partial charge in [0.1, 0.15) is 10.7 Å². The Labute approximate surface area is 142 Å². The Bertz CT molecular complexity index is 945. The minimum Gasteiger partial charge on any atom is -0.379 e. The predicted octanol–water partition coefficient (Wildman–Crippen LogP) is 2.16. The molecule has 24 heavy (non-hydrogen) atoms. The second-order valence-electron chi connectivity index (χ2n) is 5.85. The highest BCUT2D eigenvalue weighted by Crippen LogP contribution is 2.28. The van der Waals surface area contributed by atoms with Crippen LogP contribution in [0.25, 0.3) is 21.6 Å².